The SMILES string of the molecule is Cc1cc(NCc2cc3n(n2)CCCN(C2CCCCC2)C3)nc(N)n1. The number of fused-ring (bicyclic) bond motifs is 1. The highest BCUT2D eigenvalue weighted by Gasteiger charge is 2.24. The van der Waals surface area contributed by atoms with Gasteiger partial charge in [0.2, 0.25) is 5.95 Å². The molecular formula is C19H29N7. The number of aromatic nitrogens is 4. The van der Waals surface area contributed by atoms with Crippen LogP contribution in [0.15, 0.2) is 12.1 Å². The summed E-state index contributed by atoms with van der Waals surface area (Å²) in [4.78, 5) is 11.0. The summed E-state index contributed by atoms with van der Waals surface area (Å²) in [5.41, 5.74) is 8.98. The van der Waals surface area contributed by atoms with E-state index >= 15 is 0 Å². The molecule has 0 saturated heterocycles. The highest BCUT2D eigenvalue weighted by molar-refractivity contribution is 5.40. The number of nitrogens with one attached hydrogen (secondary N) is 1. The van der Waals surface area contributed by atoms with Gasteiger partial charge in [-0.15, -0.1) is 0 Å². The van der Waals surface area contributed by atoms with Crippen LogP contribution in [0, 0.1) is 6.92 Å². The number of anilines is 2. The molecule has 2 aromatic heterocycles. The zero-order valence-electron chi connectivity index (χ0n) is 15.6. The van der Waals surface area contributed by atoms with E-state index in [9.17, 15) is 0 Å². The van der Waals surface area contributed by atoms with E-state index in [1.165, 1.54) is 50.8 Å². The molecule has 26 heavy (non-hydrogen) atoms. The van der Waals surface area contributed by atoms with Crippen molar-refractivity contribution in [3.05, 3.63) is 29.2 Å². The number of nitrogens with two attached hydrogens (primary N) is 1. The Labute approximate surface area is 155 Å². The lowest BCUT2D eigenvalue weighted by atomic mass is 9.94. The Kier molecular flexibility index (Phi) is 5.06. The van der Waals surface area contributed by atoms with E-state index in [2.05, 4.69) is 30.9 Å². The third-order valence-electron chi connectivity index (χ3n) is 5.51. The lowest BCUT2D eigenvalue weighted by Crippen LogP contribution is -2.36. The minimum atomic E-state index is 0.302. The average molecular weight is 355 g/mol. The normalized spacial score (nSPS) is 19.1. The minimum Gasteiger partial charge on any atom is -0.368 e. The average Bonchev–Trinajstić information content (AvgIpc) is 2.90. The predicted molar refractivity (Wildman–Crippen MR) is 103 cm³/mol. The molecule has 1 saturated carbocycles. The zero-order chi connectivity index (χ0) is 17.9. The molecule has 3 N–H and O–H groups in total. The van der Waals surface area contributed by atoms with Gasteiger partial charge in [-0.3, -0.25) is 9.58 Å². The summed E-state index contributed by atoms with van der Waals surface area (Å²) in [6, 6.07) is 4.91. The van der Waals surface area contributed by atoms with Gasteiger partial charge >= 0.3 is 0 Å². The van der Waals surface area contributed by atoms with Gasteiger partial charge in [0.05, 0.1) is 17.9 Å². The van der Waals surface area contributed by atoms with Crippen LogP contribution in [0.4, 0.5) is 11.8 Å². The Hall–Kier alpha value is -2.15. The molecule has 1 fully saturated rings. The molecule has 0 radical (unpaired) electrons. The van der Waals surface area contributed by atoms with E-state index in [0.717, 1.165) is 36.3 Å². The summed E-state index contributed by atoms with van der Waals surface area (Å²) >= 11 is 0. The Balaban J connectivity index is 1.42. The molecule has 0 spiro atoms. The van der Waals surface area contributed by atoms with Gasteiger partial charge in [-0.05, 0) is 32.3 Å². The smallest absolute Gasteiger partial charge is 0.222 e. The maximum Gasteiger partial charge on any atom is 0.222 e. The van der Waals surface area contributed by atoms with Crippen LogP contribution < -0.4 is 11.1 Å². The second-order valence-electron chi connectivity index (χ2n) is 7.57. The number of rotatable bonds is 4. The third kappa shape index (κ3) is 3.98. The highest BCUT2D eigenvalue weighted by Crippen LogP contribution is 2.26. The highest BCUT2D eigenvalue weighted by atomic mass is 15.3. The first kappa shape index (κ1) is 17.3. The van der Waals surface area contributed by atoms with Crippen LogP contribution >= 0.6 is 0 Å². The van der Waals surface area contributed by atoms with E-state index in [0.29, 0.717) is 12.5 Å². The zero-order valence-corrected chi connectivity index (χ0v) is 15.6. The number of nitrogens with zero attached hydrogens (tertiary/aromatic N) is 5. The fraction of sp³-hybridized carbons (Fsp3) is 0.632. The summed E-state index contributed by atoms with van der Waals surface area (Å²) in [5, 5.41) is 8.12. The number of nitrogen functional groups attached to an aromatic ring is 1. The van der Waals surface area contributed by atoms with E-state index in [-0.39, 0.29) is 0 Å². The molecule has 3 heterocycles. The lowest BCUT2D eigenvalue weighted by Gasteiger charge is -2.33. The van der Waals surface area contributed by atoms with E-state index < -0.39 is 0 Å². The van der Waals surface area contributed by atoms with Crippen LogP contribution in [0.25, 0.3) is 0 Å². The fourth-order valence-electron chi connectivity index (χ4n) is 4.25. The fourth-order valence-corrected chi connectivity index (χ4v) is 4.25. The molecular weight excluding hydrogens is 326 g/mol. The quantitative estimate of drug-likeness (QED) is 0.877. The summed E-state index contributed by atoms with van der Waals surface area (Å²) in [6.07, 6.45) is 8.08. The first-order chi connectivity index (χ1) is 12.7. The van der Waals surface area contributed by atoms with Crippen molar-refractivity contribution in [1.29, 1.82) is 0 Å². The van der Waals surface area contributed by atoms with Crippen molar-refractivity contribution in [2.75, 3.05) is 17.6 Å². The maximum atomic E-state index is 5.72. The van der Waals surface area contributed by atoms with Gasteiger partial charge in [0.15, 0.2) is 0 Å². The summed E-state index contributed by atoms with van der Waals surface area (Å²) in [5.74, 6) is 1.05. The lowest BCUT2D eigenvalue weighted by molar-refractivity contribution is 0.150. The second-order valence-corrected chi connectivity index (χ2v) is 7.57. The molecule has 140 valence electrons. The van der Waals surface area contributed by atoms with Crippen LogP contribution in [-0.2, 0) is 19.6 Å². The van der Waals surface area contributed by atoms with Crippen LogP contribution in [0.3, 0.4) is 0 Å². The van der Waals surface area contributed by atoms with Crippen molar-refractivity contribution in [3.63, 3.8) is 0 Å². The standard InChI is InChI=1S/C19H29N7/c1-14-10-18(23-19(20)22-14)21-12-15-11-17-13-25(8-5-9-26(17)24-15)16-6-3-2-4-7-16/h10-11,16H,2-9,12-13H2,1H3,(H3,20,21,22,23). The van der Waals surface area contributed by atoms with Crippen LogP contribution in [0.2, 0.25) is 0 Å². The van der Waals surface area contributed by atoms with Gasteiger partial charge in [0.25, 0.3) is 0 Å². The molecule has 7 nitrogen and oxygen atoms in total. The molecule has 1 aliphatic carbocycles. The Morgan fingerprint density at radius 2 is 1.96 bits per heavy atom. The second kappa shape index (κ2) is 7.61. The molecule has 2 aliphatic rings. The molecule has 0 aromatic carbocycles. The van der Waals surface area contributed by atoms with Crippen LogP contribution in [0.5, 0.6) is 0 Å². The van der Waals surface area contributed by atoms with Gasteiger partial charge in [-0.25, -0.2) is 4.98 Å². The Bertz CT molecular complexity index is 728. The molecule has 0 atom stereocenters. The predicted octanol–water partition coefficient (Wildman–Crippen LogP) is 2.71. The topological polar surface area (TPSA) is 84.9 Å². The molecule has 1 aliphatic heterocycles. The van der Waals surface area contributed by atoms with Crippen molar-refractivity contribution in [3.8, 4) is 0 Å². The van der Waals surface area contributed by atoms with Crippen LogP contribution in [0.1, 0.15) is 55.6 Å². The van der Waals surface area contributed by atoms with Gasteiger partial charge < -0.3 is 11.1 Å². The first-order valence-electron chi connectivity index (χ1n) is 9.82. The van der Waals surface area contributed by atoms with Crippen molar-refractivity contribution in [2.45, 2.75) is 71.1 Å². The summed E-state index contributed by atoms with van der Waals surface area (Å²) < 4.78 is 2.19. The van der Waals surface area contributed by atoms with Crippen LogP contribution in [-0.4, -0.2) is 37.2 Å². The van der Waals surface area contributed by atoms with Gasteiger partial charge in [-0.1, -0.05) is 19.3 Å². The summed E-state index contributed by atoms with van der Waals surface area (Å²) in [7, 11) is 0. The molecule has 0 unspecified atom stereocenters. The maximum absolute atomic E-state index is 5.72. The molecule has 0 amide bonds. The monoisotopic (exact) mass is 355 g/mol. The third-order valence-corrected chi connectivity index (χ3v) is 5.51. The van der Waals surface area contributed by atoms with Crippen molar-refractivity contribution < 1.29 is 0 Å². The molecule has 7 heteroatoms. The largest absolute Gasteiger partial charge is 0.368 e. The minimum absolute atomic E-state index is 0.302. The van der Waals surface area contributed by atoms with E-state index in [1.807, 2.05) is 13.0 Å². The first-order valence-corrected chi connectivity index (χ1v) is 9.82. The summed E-state index contributed by atoms with van der Waals surface area (Å²) in [6.45, 7) is 5.80. The molecule has 4 rings (SSSR count). The van der Waals surface area contributed by atoms with Gasteiger partial charge in [-0.2, -0.15) is 10.1 Å². The van der Waals surface area contributed by atoms with Crippen molar-refractivity contribution in [1.82, 2.24) is 24.6 Å². The number of aryl methyl sites for hydroxylation is 2. The Morgan fingerprint density at radius 3 is 2.77 bits per heavy atom. The van der Waals surface area contributed by atoms with Crippen molar-refractivity contribution in [2.24, 2.45) is 0 Å². The molecule has 2 aromatic rings. The van der Waals surface area contributed by atoms with Crippen molar-refractivity contribution >= 4 is 11.8 Å². The number of hydrogen-bond donors (Lipinski definition) is 2. The van der Waals surface area contributed by atoms with E-state index in [4.69, 9.17) is 10.8 Å². The molecule has 0 bridgehead atoms. The number of hydrogen-bond acceptors (Lipinski definition) is 6. The van der Waals surface area contributed by atoms with Gasteiger partial charge in [0.1, 0.15) is 5.82 Å². The van der Waals surface area contributed by atoms with Gasteiger partial charge in [0, 0.05) is 37.4 Å². The van der Waals surface area contributed by atoms with E-state index in [1.54, 1.807) is 0 Å². The Morgan fingerprint density at radius 1 is 1.12 bits per heavy atom.